The van der Waals surface area contributed by atoms with E-state index in [1.54, 1.807) is 0 Å². The molecule has 0 spiro atoms. The van der Waals surface area contributed by atoms with Crippen LogP contribution in [-0.4, -0.2) is 32.9 Å². The highest BCUT2D eigenvalue weighted by Gasteiger charge is 2.65. The Hall–Kier alpha value is -1.02. The van der Waals surface area contributed by atoms with Crippen LogP contribution >= 0.6 is 31.9 Å². The minimum absolute atomic E-state index is 0.0346. The Morgan fingerprint density at radius 2 is 1.12 bits per heavy atom. The molecule has 0 heterocycles. The van der Waals surface area contributed by atoms with Crippen LogP contribution in [0.1, 0.15) is 67.2 Å². The molecule has 6 nitrogen and oxygen atoms in total. The zero-order chi connectivity index (χ0) is 23.7. The van der Waals surface area contributed by atoms with Gasteiger partial charge in [0.25, 0.3) is 11.8 Å². The maximum Gasteiger partial charge on any atom is 0.264 e. The molecule has 2 amide bonds. The van der Waals surface area contributed by atoms with Gasteiger partial charge in [-0.05, 0) is 48.3 Å². The lowest BCUT2D eigenvalue weighted by Crippen LogP contribution is -2.36. The fraction of sp³-hybridized carbons (Fsp3) is 0.750. The second-order valence-corrected chi connectivity index (χ2v) is 13.5. The molecule has 0 saturated heterocycles. The summed E-state index contributed by atoms with van der Waals surface area (Å²) in [6, 6.07) is 0. The van der Waals surface area contributed by atoms with E-state index in [-0.39, 0.29) is 31.3 Å². The Bertz CT molecular complexity index is 866. The summed E-state index contributed by atoms with van der Waals surface area (Å²) in [6.45, 7) is 13.6. The molecule has 0 aromatic carbocycles. The molecule has 0 unspecified atom stereocenters. The number of carbonyl (C=O) groups is 2. The van der Waals surface area contributed by atoms with Crippen LogP contribution in [0, 0.1) is 33.5 Å². The summed E-state index contributed by atoms with van der Waals surface area (Å²) in [4.78, 5) is 24.9. The topological polar surface area (TPSA) is 82.9 Å². The van der Waals surface area contributed by atoms with Gasteiger partial charge in [-0.25, -0.2) is 10.9 Å². The molecular weight excluding hydrogens is 536 g/mol. The SMILES string of the molecule is CC1(C)[C@H]2CC[C@@]1(C)/C(=N/NC(=O)/C=C/C(=O)N/N=C1\[C@H](Br)[C@@H]3CC[C@@]1(C)C3(C)C)[C@@H]2Br. The summed E-state index contributed by atoms with van der Waals surface area (Å²) < 4.78 is 0. The van der Waals surface area contributed by atoms with Gasteiger partial charge in [-0.1, -0.05) is 73.4 Å². The van der Waals surface area contributed by atoms with E-state index in [0.717, 1.165) is 24.3 Å². The molecule has 2 N–H and O–H groups in total. The lowest BCUT2D eigenvalue weighted by molar-refractivity contribution is -0.118. The lowest BCUT2D eigenvalue weighted by Gasteiger charge is -2.34. The highest BCUT2D eigenvalue weighted by molar-refractivity contribution is 9.10. The van der Waals surface area contributed by atoms with Gasteiger partial charge in [0.2, 0.25) is 0 Å². The highest BCUT2D eigenvalue weighted by atomic mass is 79.9. The van der Waals surface area contributed by atoms with Crippen molar-refractivity contribution < 1.29 is 9.59 Å². The third-order valence-corrected chi connectivity index (χ3v) is 12.1. The summed E-state index contributed by atoms with van der Waals surface area (Å²) in [5.41, 5.74) is 7.41. The maximum absolute atomic E-state index is 12.3. The molecule has 4 fully saturated rings. The molecule has 176 valence electrons. The second kappa shape index (κ2) is 7.76. The molecule has 4 aliphatic carbocycles. The van der Waals surface area contributed by atoms with Crippen molar-refractivity contribution in [3.8, 4) is 0 Å². The normalized spacial score (nSPS) is 43.5. The van der Waals surface area contributed by atoms with E-state index in [2.05, 4.69) is 94.5 Å². The highest BCUT2D eigenvalue weighted by Crippen LogP contribution is 2.66. The van der Waals surface area contributed by atoms with E-state index in [4.69, 9.17) is 0 Å². The molecular formula is C24H34Br2N4O2. The largest absolute Gasteiger partial charge is 0.268 e. The summed E-state index contributed by atoms with van der Waals surface area (Å²) in [5.74, 6) is 0.185. The van der Waals surface area contributed by atoms with Gasteiger partial charge in [0.05, 0.1) is 21.1 Å². The number of hydrogen-bond acceptors (Lipinski definition) is 4. The molecule has 8 heteroatoms. The zero-order valence-electron chi connectivity index (χ0n) is 19.8. The van der Waals surface area contributed by atoms with E-state index in [1.165, 1.54) is 25.0 Å². The average Bonchev–Trinajstić information content (AvgIpc) is 3.19. The van der Waals surface area contributed by atoms with Crippen molar-refractivity contribution in [2.24, 2.45) is 43.7 Å². The van der Waals surface area contributed by atoms with Crippen molar-refractivity contribution in [3.05, 3.63) is 12.2 Å². The molecule has 4 rings (SSSR count). The molecule has 0 radical (unpaired) electrons. The van der Waals surface area contributed by atoms with Crippen LogP contribution in [0.4, 0.5) is 0 Å². The molecule has 0 aromatic heterocycles. The van der Waals surface area contributed by atoms with Gasteiger partial charge in [-0.15, -0.1) is 0 Å². The third-order valence-electron chi connectivity index (χ3n) is 9.93. The van der Waals surface area contributed by atoms with Gasteiger partial charge < -0.3 is 0 Å². The predicted molar refractivity (Wildman–Crippen MR) is 135 cm³/mol. The minimum Gasteiger partial charge on any atom is -0.268 e. The van der Waals surface area contributed by atoms with Gasteiger partial charge in [0.15, 0.2) is 0 Å². The molecule has 32 heavy (non-hydrogen) atoms. The van der Waals surface area contributed by atoms with Crippen LogP contribution in [0.3, 0.4) is 0 Å². The van der Waals surface area contributed by atoms with Gasteiger partial charge >= 0.3 is 0 Å². The zero-order valence-corrected chi connectivity index (χ0v) is 22.9. The van der Waals surface area contributed by atoms with Crippen molar-refractivity contribution in [2.45, 2.75) is 76.9 Å². The molecule has 0 aliphatic heterocycles. The van der Waals surface area contributed by atoms with Crippen LogP contribution in [0.5, 0.6) is 0 Å². The molecule has 4 saturated carbocycles. The Labute approximate surface area is 207 Å². The maximum atomic E-state index is 12.3. The van der Waals surface area contributed by atoms with Crippen LogP contribution in [0.2, 0.25) is 0 Å². The van der Waals surface area contributed by atoms with Gasteiger partial charge in [0.1, 0.15) is 0 Å². The van der Waals surface area contributed by atoms with E-state index in [9.17, 15) is 9.59 Å². The quantitative estimate of drug-likeness (QED) is 0.286. The first kappa shape index (κ1) is 24.1. The standard InChI is InChI=1S/C24H34Br2N4O2/c1-21(2)13-9-11-23(21,5)19(17(13)25)29-27-15(31)7-8-16(32)28-30-20-18(26)14-10-12-24(20,6)22(14,3)4/h7-8,13-14,17-18H,9-12H2,1-6H3,(H,27,31)(H,28,32)/b8-7+,29-19+,30-20+/t13-,14-,17+,18+,23-,24+/m0/s1. The molecule has 0 aromatic rings. The number of rotatable bonds is 4. The summed E-state index contributed by atoms with van der Waals surface area (Å²) in [6.07, 6.45) is 6.90. The van der Waals surface area contributed by atoms with Crippen molar-refractivity contribution >= 4 is 55.1 Å². The van der Waals surface area contributed by atoms with E-state index >= 15 is 0 Å². The van der Waals surface area contributed by atoms with E-state index < -0.39 is 11.8 Å². The molecule has 6 atom stereocenters. The Balaban J connectivity index is 1.37. The fourth-order valence-electron chi connectivity index (χ4n) is 6.83. The van der Waals surface area contributed by atoms with Crippen molar-refractivity contribution in [1.82, 2.24) is 10.9 Å². The van der Waals surface area contributed by atoms with E-state index in [0.29, 0.717) is 11.8 Å². The smallest absolute Gasteiger partial charge is 0.264 e. The Morgan fingerprint density at radius 1 is 0.781 bits per heavy atom. The van der Waals surface area contributed by atoms with Gasteiger partial charge in [-0.3, -0.25) is 9.59 Å². The third kappa shape index (κ3) is 3.22. The Morgan fingerprint density at radius 3 is 1.41 bits per heavy atom. The number of carbonyl (C=O) groups excluding carboxylic acids is 2. The first-order chi connectivity index (χ1) is 14.8. The van der Waals surface area contributed by atoms with Gasteiger partial charge in [-0.2, -0.15) is 10.2 Å². The summed E-state index contributed by atoms with van der Waals surface area (Å²) in [7, 11) is 0. The second-order valence-electron chi connectivity index (χ2n) is 11.5. The molecule has 4 aliphatic rings. The predicted octanol–water partition coefficient (Wildman–Crippen LogP) is 4.93. The first-order valence-corrected chi connectivity index (χ1v) is 13.3. The van der Waals surface area contributed by atoms with Crippen molar-refractivity contribution in [2.75, 3.05) is 0 Å². The number of halogens is 2. The lowest BCUT2D eigenvalue weighted by atomic mass is 9.70. The Kier molecular flexibility index (Phi) is 5.84. The van der Waals surface area contributed by atoms with Crippen LogP contribution < -0.4 is 10.9 Å². The van der Waals surface area contributed by atoms with Crippen LogP contribution in [0.25, 0.3) is 0 Å². The van der Waals surface area contributed by atoms with E-state index in [1.807, 2.05) is 0 Å². The van der Waals surface area contributed by atoms with Crippen molar-refractivity contribution in [1.29, 1.82) is 0 Å². The number of nitrogens with one attached hydrogen (secondary N) is 2. The van der Waals surface area contributed by atoms with Crippen LogP contribution in [0.15, 0.2) is 22.4 Å². The molecule has 4 bridgehead atoms. The number of fused-ring (bicyclic) bond motifs is 4. The number of hydrazone groups is 2. The number of hydrogen-bond donors (Lipinski definition) is 2. The fourth-order valence-corrected chi connectivity index (χ4v) is 9.90. The van der Waals surface area contributed by atoms with Crippen LogP contribution in [-0.2, 0) is 9.59 Å². The summed E-state index contributed by atoms with van der Waals surface area (Å²) in [5, 5.41) is 8.91. The average molecular weight is 570 g/mol. The van der Waals surface area contributed by atoms with Crippen molar-refractivity contribution in [3.63, 3.8) is 0 Å². The number of alkyl halides is 2. The monoisotopic (exact) mass is 568 g/mol. The van der Waals surface area contributed by atoms with Gasteiger partial charge in [0, 0.05) is 23.0 Å². The minimum atomic E-state index is -0.421. The number of amides is 2. The first-order valence-electron chi connectivity index (χ1n) is 11.5. The number of nitrogens with zero attached hydrogens (tertiary/aromatic N) is 2. The summed E-state index contributed by atoms with van der Waals surface area (Å²) >= 11 is 7.57.